The molecule has 1 atom stereocenters. The number of carbonyl (C=O) groups excluding carboxylic acids is 1. The molecule has 1 aromatic carbocycles. The average Bonchev–Trinajstić information content (AvgIpc) is 2.35. The van der Waals surface area contributed by atoms with Gasteiger partial charge in [-0.2, -0.15) is 0 Å². The SMILES string of the molecule is CC(C)C(O)C(C)(C)CNC(=O)c1ccccc1Cl. The molecule has 1 aromatic rings. The molecule has 1 rings (SSSR count). The predicted octanol–water partition coefficient (Wildman–Crippen LogP) is 3.11. The summed E-state index contributed by atoms with van der Waals surface area (Å²) in [4.78, 5) is 12.0. The van der Waals surface area contributed by atoms with Gasteiger partial charge < -0.3 is 10.4 Å². The van der Waals surface area contributed by atoms with E-state index >= 15 is 0 Å². The molecular formula is C15H22ClNO2. The number of halogens is 1. The van der Waals surface area contributed by atoms with E-state index in [1.807, 2.05) is 27.7 Å². The molecule has 0 saturated carbocycles. The van der Waals surface area contributed by atoms with Crippen LogP contribution < -0.4 is 5.32 Å². The van der Waals surface area contributed by atoms with E-state index < -0.39 is 6.10 Å². The van der Waals surface area contributed by atoms with Crippen LogP contribution in [0, 0.1) is 11.3 Å². The molecule has 3 nitrogen and oxygen atoms in total. The van der Waals surface area contributed by atoms with Gasteiger partial charge in [-0.25, -0.2) is 0 Å². The number of carbonyl (C=O) groups is 1. The fourth-order valence-electron chi connectivity index (χ4n) is 2.06. The number of aliphatic hydroxyl groups excluding tert-OH is 1. The Hall–Kier alpha value is -1.06. The highest BCUT2D eigenvalue weighted by Gasteiger charge is 2.30. The molecule has 0 aliphatic heterocycles. The van der Waals surface area contributed by atoms with Crippen LogP contribution in [-0.4, -0.2) is 23.7 Å². The van der Waals surface area contributed by atoms with Crippen LogP contribution >= 0.6 is 11.6 Å². The number of hydrogen-bond donors (Lipinski definition) is 2. The van der Waals surface area contributed by atoms with Crippen LogP contribution in [0.3, 0.4) is 0 Å². The van der Waals surface area contributed by atoms with Crippen LogP contribution in [0.1, 0.15) is 38.1 Å². The first-order valence-electron chi connectivity index (χ1n) is 6.46. The minimum Gasteiger partial charge on any atom is -0.392 e. The zero-order valence-electron chi connectivity index (χ0n) is 11.9. The molecule has 0 heterocycles. The molecule has 0 aliphatic carbocycles. The second-order valence-corrected chi connectivity index (χ2v) is 6.25. The van der Waals surface area contributed by atoms with Crippen molar-refractivity contribution in [3.63, 3.8) is 0 Å². The van der Waals surface area contributed by atoms with E-state index in [4.69, 9.17) is 11.6 Å². The molecule has 4 heteroatoms. The molecule has 106 valence electrons. The van der Waals surface area contributed by atoms with E-state index in [0.717, 1.165) is 0 Å². The lowest BCUT2D eigenvalue weighted by molar-refractivity contribution is 0.0138. The van der Waals surface area contributed by atoms with Crippen LogP contribution in [0.15, 0.2) is 24.3 Å². The Kier molecular flexibility index (Phi) is 5.39. The third kappa shape index (κ3) is 4.22. The molecule has 0 radical (unpaired) electrons. The standard InChI is InChI=1S/C15H22ClNO2/c1-10(2)13(18)15(3,4)9-17-14(19)11-7-5-6-8-12(11)16/h5-8,10,13,18H,9H2,1-4H3,(H,17,19). The number of benzene rings is 1. The summed E-state index contributed by atoms with van der Waals surface area (Å²) < 4.78 is 0. The van der Waals surface area contributed by atoms with E-state index in [-0.39, 0.29) is 17.2 Å². The second kappa shape index (κ2) is 6.40. The van der Waals surface area contributed by atoms with Gasteiger partial charge in [0.25, 0.3) is 5.91 Å². The predicted molar refractivity (Wildman–Crippen MR) is 78.4 cm³/mol. The topological polar surface area (TPSA) is 49.3 Å². The Labute approximate surface area is 120 Å². The fourth-order valence-corrected chi connectivity index (χ4v) is 2.28. The van der Waals surface area contributed by atoms with Crippen molar-refractivity contribution in [2.24, 2.45) is 11.3 Å². The van der Waals surface area contributed by atoms with Crippen molar-refractivity contribution < 1.29 is 9.90 Å². The average molecular weight is 284 g/mol. The van der Waals surface area contributed by atoms with Crippen LogP contribution in [0.5, 0.6) is 0 Å². The largest absolute Gasteiger partial charge is 0.392 e. The van der Waals surface area contributed by atoms with Gasteiger partial charge in [-0.05, 0) is 18.1 Å². The number of amides is 1. The van der Waals surface area contributed by atoms with Gasteiger partial charge in [0, 0.05) is 12.0 Å². The molecule has 2 N–H and O–H groups in total. The Morgan fingerprint density at radius 3 is 2.47 bits per heavy atom. The molecule has 0 spiro atoms. The molecule has 0 aliphatic rings. The van der Waals surface area contributed by atoms with Gasteiger partial charge in [-0.1, -0.05) is 51.4 Å². The lowest BCUT2D eigenvalue weighted by atomic mass is 9.80. The zero-order chi connectivity index (χ0) is 14.6. The highest BCUT2D eigenvalue weighted by molar-refractivity contribution is 6.33. The lowest BCUT2D eigenvalue weighted by Crippen LogP contribution is -2.43. The Bertz CT molecular complexity index is 444. The van der Waals surface area contributed by atoms with Crippen molar-refractivity contribution in [3.8, 4) is 0 Å². The third-order valence-electron chi connectivity index (χ3n) is 3.26. The highest BCUT2D eigenvalue weighted by Crippen LogP contribution is 2.25. The fraction of sp³-hybridized carbons (Fsp3) is 0.533. The number of nitrogens with one attached hydrogen (secondary N) is 1. The van der Waals surface area contributed by atoms with Crippen LogP contribution in [-0.2, 0) is 0 Å². The third-order valence-corrected chi connectivity index (χ3v) is 3.58. The van der Waals surface area contributed by atoms with Crippen molar-refractivity contribution >= 4 is 17.5 Å². The summed E-state index contributed by atoms with van der Waals surface area (Å²) >= 11 is 5.97. The summed E-state index contributed by atoms with van der Waals surface area (Å²) in [6, 6.07) is 6.93. The first-order valence-corrected chi connectivity index (χ1v) is 6.84. The van der Waals surface area contributed by atoms with E-state index in [0.29, 0.717) is 17.1 Å². The number of rotatable bonds is 5. The van der Waals surface area contributed by atoms with Gasteiger partial charge in [0.15, 0.2) is 0 Å². The maximum absolute atomic E-state index is 12.0. The van der Waals surface area contributed by atoms with E-state index in [2.05, 4.69) is 5.32 Å². The van der Waals surface area contributed by atoms with Gasteiger partial charge in [0.05, 0.1) is 16.7 Å². The van der Waals surface area contributed by atoms with Crippen molar-refractivity contribution in [2.45, 2.75) is 33.8 Å². The summed E-state index contributed by atoms with van der Waals surface area (Å²) in [5.41, 5.74) is 0.0736. The van der Waals surface area contributed by atoms with Gasteiger partial charge in [-0.15, -0.1) is 0 Å². The smallest absolute Gasteiger partial charge is 0.252 e. The minimum atomic E-state index is -0.473. The second-order valence-electron chi connectivity index (χ2n) is 5.84. The maximum atomic E-state index is 12.0. The Morgan fingerprint density at radius 1 is 1.37 bits per heavy atom. The zero-order valence-corrected chi connectivity index (χ0v) is 12.7. The van der Waals surface area contributed by atoms with Crippen molar-refractivity contribution in [3.05, 3.63) is 34.9 Å². The first kappa shape index (κ1) is 16.0. The number of hydrogen-bond acceptors (Lipinski definition) is 2. The van der Waals surface area contributed by atoms with Gasteiger partial charge in [0.1, 0.15) is 0 Å². The Morgan fingerprint density at radius 2 is 1.95 bits per heavy atom. The molecule has 1 unspecified atom stereocenters. The maximum Gasteiger partial charge on any atom is 0.252 e. The van der Waals surface area contributed by atoms with Crippen LogP contribution in [0.25, 0.3) is 0 Å². The summed E-state index contributed by atoms with van der Waals surface area (Å²) in [5.74, 6) is -0.0677. The monoisotopic (exact) mass is 283 g/mol. The van der Waals surface area contributed by atoms with Gasteiger partial charge >= 0.3 is 0 Å². The normalized spacial score (nSPS) is 13.4. The van der Waals surface area contributed by atoms with E-state index in [1.165, 1.54) is 0 Å². The van der Waals surface area contributed by atoms with Crippen molar-refractivity contribution in [2.75, 3.05) is 6.54 Å². The van der Waals surface area contributed by atoms with Crippen molar-refractivity contribution in [1.29, 1.82) is 0 Å². The van der Waals surface area contributed by atoms with Crippen LogP contribution in [0.4, 0.5) is 0 Å². The van der Waals surface area contributed by atoms with Gasteiger partial charge in [0.2, 0.25) is 0 Å². The molecule has 19 heavy (non-hydrogen) atoms. The summed E-state index contributed by atoms with van der Waals surface area (Å²) in [7, 11) is 0. The van der Waals surface area contributed by atoms with Crippen LogP contribution in [0.2, 0.25) is 5.02 Å². The highest BCUT2D eigenvalue weighted by atomic mass is 35.5. The summed E-state index contributed by atoms with van der Waals surface area (Å²) in [6.45, 7) is 8.19. The number of aliphatic hydroxyl groups is 1. The quantitative estimate of drug-likeness (QED) is 0.872. The molecule has 0 bridgehead atoms. The molecule has 0 saturated heterocycles. The lowest BCUT2D eigenvalue weighted by Gasteiger charge is -2.33. The Balaban J connectivity index is 2.67. The summed E-state index contributed by atoms with van der Waals surface area (Å²) in [6.07, 6.45) is -0.473. The molecule has 0 aromatic heterocycles. The first-order chi connectivity index (χ1) is 8.75. The summed E-state index contributed by atoms with van der Waals surface area (Å²) in [5, 5.41) is 13.4. The van der Waals surface area contributed by atoms with Crippen molar-refractivity contribution in [1.82, 2.24) is 5.32 Å². The van der Waals surface area contributed by atoms with Gasteiger partial charge in [-0.3, -0.25) is 4.79 Å². The minimum absolute atomic E-state index is 0.146. The molecule has 1 amide bonds. The molecular weight excluding hydrogens is 262 g/mol. The van der Waals surface area contributed by atoms with E-state index in [1.54, 1.807) is 24.3 Å². The van der Waals surface area contributed by atoms with E-state index in [9.17, 15) is 9.90 Å². The molecule has 0 fully saturated rings.